The van der Waals surface area contributed by atoms with Gasteiger partial charge in [-0.3, -0.25) is 0 Å². The fraction of sp³-hybridized carbons (Fsp3) is 0.429. The van der Waals surface area contributed by atoms with Crippen molar-refractivity contribution in [2.24, 2.45) is 5.73 Å². The molecule has 2 N–H and O–H groups in total. The van der Waals surface area contributed by atoms with Crippen LogP contribution in [-0.2, 0) is 5.41 Å². The predicted molar refractivity (Wildman–Crippen MR) is 69.6 cm³/mol. The number of hydrogen-bond acceptors (Lipinski definition) is 2. The average molecular weight is 216 g/mol. The van der Waals surface area contributed by atoms with Gasteiger partial charge in [0.25, 0.3) is 0 Å². The zero-order valence-electron chi connectivity index (χ0n) is 10.3. The normalized spacial score (nSPS) is 20.2. The number of rotatable bonds is 2. The Bertz CT molecular complexity index is 418. The summed E-state index contributed by atoms with van der Waals surface area (Å²) in [5.74, 6) is 0. The lowest BCUT2D eigenvalue weighted by atomic mass is 9.83. The monoisotopic (exact) mass is 216 g/mol. The van der Waals surface area contributed by atoms with Crippen LogP contribution in [0.1, 0.15) is 25.8 Å². The van der Waals surface area contributed by atoms with E-state index in [1.54, 1.807) is 0 Å². The first-order valence-corrected chi connectivity index (χ1v) is 5.83. The number of hydrogen-bond donors (Lipinski definition) is 1. The maximum atomic E-state index is 5.58. The molecule has 2 rings (SSSR count). The summed E-state index contributed by atoms with van der Waals surface area (Å²) in [7, 11) is 2.13. The molecule has 0 saturated heterocycles. The van der Waals surface area contributed by atoms with Gasteiger partial charge in [-0.05, 0) is 24.6 Å². The van der Waals surface area contributed by atoms with Crippen molar-refractivity contribution in [1.29, 1.82) is 0 Å². The van der Waals surface area contributed by atoms with Gasteiger partial charge in [-0.1, -0.05) is 38.1 Å². The van der Waals surface area contributed by atoms with E-state index in [9.17, 15) is 0 Å². The van der Waals surface area contributed by atoms with Crippen LogP contribution >= 0.6 is 0 Å². The number of nitrogens with zero attached hydrogens (tertiary/aromatic N) is 1. The molecule has 0 atom stereocenters. The minimum absolute atomic E-state index is 0.0977. The van der Waals surface area contributed by atoms with Crippen LogP contribution < -0.4 is 10.6 Å². The van der Waals surface area contributed by atoms with Gasteiger partial charge >= 0.3 is 0 Å². The first-order valence-electron chi connectivity index (χ1n) is 5.83. The van der Waals surface area contributed by atoms with Crippen LogP contribution in [0.4, 0.5) is 5.69 Å². The zero-order chi connectivity index (χ0) is 11.8. The van der Waals surface area contributed by atoms with Gasteiger partial charge < -0.3 is 10.6 Å². The van der Waals surface area contributed by atoms with E-state index in [4.69, 9.17) is 5.73 Å². The molecule has 0 radical (unpaired) electrons. The van der Waals surface area contributed by atoms with Crippen molar-refractivity contribution >= 4 is 5.69 Å². The summed E-state index contributed by atoms with van der Waals surface area (Å²) >= 11 is 0. The largest absolute Gasteiger partial charge is 0.347 e. The van der Waals surface area contributed by atoms with Crippen molar-refractivity contribution in [1.82, 2.24) is 0 Å². The number of anilines is 1. The molecule has 1 heterocycles. The molecule has 1 aliphatic rings. The Morgan fingerprint density at radius 2 is 2.00 bits per heavy atom. The molecule has 1 aromatic carbocycles. The Labute approximate surface area is 97.8 Å². The molecule has 2 heteroatoms. The summed E-state index contributed by atoms with van der Waals surface area (Å²) in [4.78, 5) is 2.28. The van der Waals surface area contributed by atoms with E-state index in [2.05, 4.69) is 56.1 Å². The Kier molecular flexibility index (Phi) is 2.76. The van der Waals surface area contributed by atoms with Gasteiger partial charge in [0, 0.05) is 23.8 Å². The van der Waals surface area contributed by atoms with E-state index in [1.165, 1.54) is 16.9 Å². The molecule has 16 heavy (non-hydrogen) atoms. The summed E-state index contributed by atoms with van der Waals surface area (Å²) < 4.78 is 0. The number of allylic oxidation sites excluding steroid dienone is 1. The highest BCUT2D eigenvalue weighted by molar-refractivity contribution is 5.69. The summed E-state index contributed by atoms with van der Waals surface area (Å²) in [6, 6.07) is 8.60. The molecule has 0 fully saturated rings. The summed E-state index contributed by atoms with van der Waals surface area (Å²) in [6.45, 7) is 5.26. The maximum absolute atomic E-state index is 5.58. The van der Waals surface area contributed by atoms with Gasteiger partial charge in [0.05, 0.1) is 0 Å². The van der Waals surface area contributed by atoms with E-state index in [0.29, 0.717) is 6.54 Å². The summed E-state index contributed by atoms with van der Waals surface area (Å²) in [5, 5.41) is 0. The second-order valence-electron chi connectivity index (χ2n) is 4.87. The molecule has 0 amide bonds. The third kappa shape index (κ3) is 1.54. The molecule has 1 aliphatic heterocycles. The third-order valence-electron chi connectivity index (χ3n) is 3.44. The first-order chi connectivity index (χ1) is 7.59. The molecule has 0 aromatic heterocycles. The van der Waals surface area contributed by atoms with E-state index < -0.39 is 0 Å². The molecular formula is C14H20N2. The highest BCUT2D eigenvalue weighted by atomic mass is 15.2. The van der Waals surface area contributed by atoms with E-state index in [0.717, 1.165) is 6.42 Å². The van der Waals surface area contributed by atoms with Crippen LogP contribution in [-0.4, -0.2) is 13.6 Å². The number of para-hydroxylation sites is 1. The molecule has 1 aromatic rings. The molecular weight excluding hydrogens is 196 g/mol. The minimum Gasteiger partial charge on any atom is -0.347 e. The van der Waals surface area contributed by atoms with Crippen molar-refractivity contribution in [3.05, 3.63) is 41.6 Å². The lowest BCUT2D eigenvalue weighted by Gasteiger charge is -2.24. The zero-order valence-corrected chi connectivity index (χ0v) is 10.3. The molecule has 0 bridgehead atoms. The van der Waals surface area contributed by atoms with Gasteiger partial charge in [0.15, 0.2) is 0 Å². The second kappa shape index (κ2) is 3.95. The van der Waals surface area contributed by atoms with Crippen molar-refractivity contribution in [2.75, 3.05) is 18.5 Å². The van der Waals surface area contributed by atoms with Crippen LogP contribution in [0.5, 0.6) is 0 Å². The lowest BCUT2D eigenvalue weighted by Crippen LogP contribution is -2.23. The fourth-order valence-corrected chi connectivity index (χ4v) is 2.59. The maximum Gasteiger partial charge on any atom is 0.0447 e. The topological polar surface area (TPSA) is 29.3 Å². The number of likely N-dealkylation sites (N-methyl/N-ethyl adjacent to an activating group) is 1. The van der Waals surface area contributed by atoms with Crippen LogP contribution in [0.25, 0.3) is 0 Å². The third-order valence-corrected chi connectivity index (χ3v) is 3.44. The Balaban J connectivity index is 2.49. The van der Waals surface area contributed by atoms with Crippen molar-refractivity contribution in [3.63, 3.8) is 0 Å². The highest BCUT2D eigenvalue weighted by Crippen LogP contribution is 2.46. The van der Waals surface area contributed by atoms with Gasteiger partial charge in [-0.25, -0.2) is 0 Å². The van der Waals surface area contributed by atoms with Gasteiger partial charge in [-0.2, -0.15) is 0 Å². The fourth-order valence-electron chi connectivity index (χ4n) is 2.59. The van der Waals surface area contributed by atoms with E-state index in [1.807, 2.05) is 0 Å². The quantitative estimate of drug-likeness (QED) is 0.823. The second-order valence-corrected chi connectivity index (χ2v) is 4.87. The van der Waals surface area contributed by atoms with Crippen molar-refractivity contribution < 1.29 is 0 Å². The van der Waals surface area contributed by atoms with Crippen LogP contribution in [0.15, 0.2) is 36.0 Å². The van der Waals surface area contributed by atoms with Gasteiger partial charge in [0.1, 0.15) is 0 Å². The predicted octanol–water partition coefficient (Wildman–Crippen LogP) is 2.65. The Morgan fingerprint density at radius 1 is 1.31 bits per heavy atom. The Morgan fingerprint density at radius 3 is 2.62 bits per heavy atom. The van der Waals surface area contributed by atoms with Crippen molar-refractivity contribution in [3.8, 4) is 0 Å². The van der Waals surface area contributed by atoms with Crippen LogP contribution in [0, 0.1) is 0 Å². The summed E-state index contributed by atoms with van der Waals surface area (Å²) in [6.07, 6.45) is 3.21. The minimum atomic E-state index is 0.0977. The molecule has 0 spiro atoms. The smallest absolute Gasteiger partial charge is 0.0447 e. The number of fused-ring (bicyclic) bond motifs is 1. The number of benzene rings is 1. The average Bonchev–Trinajstić information content (AvgIpc) is 2.46. The van der Waals surface area contributed by atoms with Gasteiger partial charge in [-0.15, -0.1) is 0 Å². The SMILES string of the molecule is CN1/C(=C/CCN)C(C)(C)c2ccccc21. The van der Waals surface area contributed by atoms with Crippen molar-refractivity contribution in [2.45, 2.75) is 25.7 Å². The molecule has 0 aliphatic carbocycles. The lowest BCUT2D eigenvalue weighted by molar-refractivity contribution is 0.635. The molecule has 0 unspecified atom stereocenters. The van der Waals surface area contributed by atoms with E-state index in [-0.39, 0.29) is 5.41 Å². The number of nitrogens with two attached hydrogens (primary N) is 1. The summed E-state index contributed by atoms with van der Waals surface area (Å²) in [5.41, 5.74) is 9.76. The molecule has 2 nitrogen and oxygen atoms in total. The highest BCUT2D eigenvalue weighted by Gasteiger charge is 2.37. The van der Waals surface area contributed by atoms with Gasteiger partial charge in [0.2, 0.25) is 0 Å². The first kappa shape index (κ1) is 11.2. The van der Waals surface area contributed by atoms with Crippen LogP contribution in [0.2, 0.25) is 0 Å². The van der Waals surface area contributed by atoms with Crippen LogP contribution in [0.3, 0.4) is 0 Å². The Hall–Kier alpha value is -1.28. The standard InChI is InChI=1S/C14H20N2/c1-14(2)11-7-4-5-8-12(11)16(3)13(14)9-6-10-15/h4-5,7-9H,6,10,15H2,1-3H3/b13-9+. The van der Waals surface area contributed by atoms with E-state index >= 15 is 0 Å². The molecule has 0 saturated carbocycles. The molecule has 86 valence electrons.